The summed E-state index contributed by atoms with van der Waals surface area (Å²) < 4.78 is 2.64. The summed E-state index contributed by atoms with van der Waals surface area (Å²) in [6.07, 6.45) is 0. The van der Waals surface area contributed by atoms with Crippen molar-refractivity contribution in [1.29, 1.82) is 0 Å². The topological polar surface area (TPSA) is 95.6 Å². The summed E-state index contributed by atoms with van der Waals surface area (Å²) in [5.41, 5.74) is 12.3. The highest BCUT2D eigenvalue weighted by Gasteiger charge is 2.19. The molecule has 0 aliphatic carbocycles. The van der Waals surface area contributed by atoms with Crippen LogP contribution in [0, 0.1) is 9.12 Å². The Hall–Kier alpha value is -1.12. The Labute approximate surface area is 113 Å². The van der Waals surface area contributed by atoms with Crippen LogP contribution in [0.5, 0.6) is 0 Å². The molecule has 0 saturated heterocycles. The van der Waals surface area contributed by atoms with Gasteiger partial charge in [-0.25, -0.2) is 4.68 Å². The third-order valence-corrected chi connectivity index (χ3v) is 2.97. The molecule has 0 bridgehead atoms. The second-order valence-electron chi connectivity index (χ2n) is 5.17. The van der Waals surface area contributed by atoms with Gasteiger partial charge < -0.3 is 11.5 Å². The van der Waals surface area contributed by atoms with Gasteiger partial charge in [0.2, 0.25) is 5.95 Å². The van der Waals surface area contributed by atoms with Gasteiger partial charge in [-0.1, -0.05) is 20.8 Å². The minimum absolute atomic E-state index is 0.108. The van der Waals surface area contributed by atoms with E-state index in [0.717, 1.165) is 15.6 Å². The maximum atomic E-state index is 5.85. The molecular weight excluding hydrogens is 331 g/mol. The molecule has 0 aromatic carbocycles. The molecule has 0 fully saturated rings. The molecule has 92 valence electrons. The zero-order valence-electron chi connectivity index (χ0n) is 10.0. The lowest BCUT2D eigenvalue weighted by Gasteiger charge is -2.18. The van der Waals surface area contributed by atoms with Gasteiger partial charge >= 0.3 is 0 Å². The van der Waals surface area contributed by atoms with Gasteiger partial charge in [0, 0.05) is 6.54 Å². The molecule has 0 amide bonds. The first-order valence-electron chi connectivity index (χ1n) is 5.23. The van der Waals surface area contributed by atoms with Gasteiger partial charge in [0.25, 0.3) is 0 Å². The van der Waals surface area contributed by atoms with Crippen LogP contribution in [0.25, 0.3) is 11.0 Å². The fourth-order valence-corrected chi connectivity index (χ4v) is 2.41. The van der Waals surface area contributed by atoms with E-state index in [0.29, 0.717) is 11.5 Å². The zero-order valence-corrected chi connectivity index (χ0v) is 12.2. The van der Waals surface area contributed by atoms with E-state index in [1.165, 1.54) is 0 Å². The molecule has 2 heterocycles. The lowest BCUT2D eigenvalue weighted by atomic mass is 9.97. The molecule has 0 atom stereocenters. The number of nitrogens with zero attached hydrogens (tertiary/aromatic N) is 4. The molecule has 0 aliphatic heterocycles. The van der Waals surface area contributed by atoms with Gasteiger partial charge in [0.05, 0.1) is 5.39 Å². The van der Waals surface area contributed by atoms with Crippen LogP contribution in [0.3, 0.4) is 0 Å². The van der Waals surface area contributed by atoms with Gasteiger partial charge in [0.15, 0.2) is 5.65 Å². The third-order valence-electron chi connectivity index (χ3n) is 2.22. The number of rotatable bonds is 1. The van der Waals surface area contributed by atoms with E-state index in [1.807, 2.05) is 4.68 Å². The van der Waals surface area contributed by atoms with Gasteiger partial charge in [-0.15, -0.1) is 0 Å². The number of hydrogen-bond donors (Lipinski definition) is 2. The number of halogens is 1. The molecule has 6 nitrogen and oxygen atoms in total. The summed E-state index contributed by atoms with van der Waals surface area (Å²) in [6, 6.07) is 0. The summed E-state index contributed by atoms with van der Waals surface area (Å²) in [5, 5.41) is 5.22. The number of nitrogen functional groups attached to an aromatic ring is 2. The van der Waals surface area contributed by atoms with Crippen molar-refractivity contribution >= 4 is 45.4 Å². The van der Waals surface area contributed by atoms with Crippen LogP contribution in [0.1, 0.15) is 20.8 Å². The first-order valence-corrected chi connectivity index (χ1v) is 6.31. The minimum Gasteiger partial charge on any atom is -0.383 e. The Kier molecular flexibility index (Phi) is 2.88. The highest BCUT2D eigenvalue weighted by atomic mass is 127. The standard InChI is InChI=1S/C10H15IN6/c1-10(2,3)4-17-8-5(6(11)16-17)7(12)14-9(13)15-8/h4H2,1-3H3,(H4,12,13,14,15). The quantitative estimate of drug-likeness (QED) is 0.766. The van der Waals surface area contributed by atoms with Crippen molar-refractivity contribution in [1.82, 2.24) is 19.7 Å². The minimum atomic E-state index is 0.108. The average Bonchev–Trinajstić information content (AvgIpc) is 2.39. The Morgan fingerprint density at radius 2 is 1.88 bits per heavy atom. The van der Waals surface area contributed by atoms with Crippen LogP contribution in [-0.2, 0) is 6.54 Å². The van der Waals surface area contributed by atoms with Crippen LogP contribution < -0.4 is 11.5 Å². The molecular formula is C10H15IN6. The molecule has 0 radical (unpaired) electrons. The van der Waals surface area contributed by atoms with Crippen molar-refractivity contribution in [2.75, 3.05) is 11.5 Å². The van der Waals surface area contributed by atoms with E-state index < -0.39 is 0 Å². The number of anilines is 2. The van der Waals surface area contributed by atoms with E-state index in [-0.39, 0.29) is 11.4 Å². The summed E-state index contributed by atoms with van der Waals surface area (Å²) >= 11 is 2.14. The van der Waals surface area contributed by atoms with Gasteiger partial charge in [-0.05, 0) is 28.0 Å². The van der Waals surface area contributed by atoms with Crippen LogP contribution >= 0.6 is 22.6 Å². The number of aromatic nitrogens is 4. The Bertz CT molecular complexity index is 568. The molecule has 0 aliphatic rings. The Balaban J connectivity index is 2.66. The predicted molar refractivity (Wildman–Crippen MR) is 76.3 cm³/mol. The molecule has 2 aromatic heterocycles. The van der Waals surface area contributed by atoms with Gasteiger partial charge in [-0.3, -0.25) is 0 Å². The fraction of sp³-hybridized carbons (Fsp3) is 0.500. The van der Waals surface area contributed by atoms with Crippen LogP contribution in [0.15, 0.2) is 0 Å². The maximum Gasteiger partial charge on any atom is 0.224 e. The molecule has 4 N–H and O–H groups in total. The molecule has 2 rings (SSSR count). The second-order valence-corrected chi connectivity index (χ2v) is 6.20. The largest absolute Gasteiger partial charge is 0.383 e. The first-order chi connectivity index (χ1) is 7.78. The zero-order chi connectivity index (χ0) is 12.8. The van der Waals surface area contributed by atoms with E-state index in [4.69, 9.17) is 11.5 Å². The van der Waals surface area contributed by atoms with E-state index >= 15 is 0 Å². The molecule has 7 heteroatoms. The van der Waals surface area contributed by atoms with Crippen LogP contribution in [0.2, 0.25) is 0 Å². The van der Waals surface area contributed by atoms with Crippen molar-refractivity contribution in [2.24, 2.45) is 5.41 Å². The molecule has 2 aromatic rings. The Morgan fingerprint density at radius 1 is 1.24 bits per heavy atom. The molecule has 0 spiro atoms. The Morgan fingerprint density at radius 3 is 2.47 bits per heavy atom. The van der Waals surface area contributed by atoms with E-state index in [2.05, 4.69) is 58.4 Å². The highest BCUT2D eigenvalue weighted by molar-refractivity contribution is 14.1. The number of hydrogen-bond acceptors (Lipinski definition) is 5. The number of fused-ring (bicyclic) bond motifs is 1. The van der Waals surface area contributed by atoms with E-state index in [9.17, 15) is 0 Å². The second kappa shape index (κ2) is 3.97. The average molecular weight is 346 g/mol. The summed E-state index contributed by atoms with van der Waals surface area (Å²) in [7, 11) is 0. The lowest BCUT2D eigenvalue weighted by molar-refractivity contribution is 0.329. The van der Waals surface area contributed by atoms with Gasteiger partial charge in [0.1, 0.15) is 9.52 Å². The maximum absolute atomic E-state index is 5.85. The van der Waals surface area contributed by atoms with Crippen LogP contribution in [-0.4, -0.2) is 19.7 Å². The van der Waals surface area contributed by atoms with Crippen molar-refractivity contribution in [3.63, 3.8) is 0 Å². The van der Waals surface area contributed by atoms with Crippen molar-refractivity contribution in [2.45, 2.75) is 27.3 Å². The van der Waals surface area contributed by atoms with Crippen molar-refractivity contribution in [3.8, 4) is 0 Å². The van der Waals surface area contributed by atoms with Crippen molar-refractivity contribution in [3.05, 3.63) is 3.70 Å². The molecule has 17 heavy (non-hydrogen) atoms. The predicted octanol–water partition coefficient (Wildman–Crippen LogP) is 1.64. The summed E-state index contributed by atoms with van der Waals surface area (Å²) in [6.45, 7) is 7.17. The van der Waals surface area contributed by atoms with Crippen LogP contribution in [0.4, 0.5) is 11.8 Å². The van der Waals surface area contributed by atoms with Crippen molar-refractivity contribution < 1.29 is 0 Å². The molecule has 0 saturated carbocycles. The SMILES string of the molecule is CC(C)(C)Cn1nc(I)c2c(N)nc(N)nc21. The molecule has 0 unspecified atom stereocenters. The summed E-state index contributed by atoms with van der Waals surface area (Å²) in [5.74, 6) is 0.568. The smallest absolute Gasteiger partial charge is 0.224 e. The summed E-state index contributed by atoms with van der Waals surface area (Å²) in [4.78, 5) is 8.18. The fourth-order valence-electron chi connectivity index (χ4n) is 1.63. The van der Waals surface area contributed by atoms with E-state index in [1.54, 1.807) is 0 Å². The van der Waals surface area contributed by atoms with Gasteiger partial charge in [-0.2, -0.15) is 15.1 Å². The highest BCUT2D eigenvalue weighted by Crippen LogP contribution is 2.26. The lowest BCUT2D eigenvalue weighted by Crippen LogP contribution is -2.17. The monoisotopic (exact) mass is 346 g/mol. The third kappa shape index (κ3) is 2.43. The normalized spacial score (nSPS) is 12.2. The number of nitrogens with two attached hydrogens (primary N) is 2. The first kappa shape index (κ1) is 12.3.